The van der Waals surface area contributed by atoms with Crippen molar-refractivity contribution in [3.63, 3.8) is 0 Å². The Hall–Kier alpha value is -1.32. The van der Waals surface area contributed by atoms with Crippen LogP contribution in [-0.4, -0.2) is 9.78 Å². The summed E-state index contributed by atoms with van der Waals surface area (Å²) in [5, 5.41) is 8.56. The molecule has 1 atom stereocenters. The first-order chi connectivity index (χ1) is 9.19. The van der Waals surface area contributed by atoms with E-state index in [0.717, 1.165) is 24.4 Å². The van der Waals surface area contributed by atoms with E-state index in [1.807, 2.05) is 36.3 Å². The van der Waals surface area contributed by atoms with Crippen molar-refractivity contribution in [2.75, 3.05) is 0 Å². The Morgan fingerprint density at radius 1 is 1.32 bits per heavy atom. The number of hydrogen-bond donors (Lipinski definition) is 1. The van der Waals surface area contributed by atoms with E-state index in [9.17, 15) is 0 Å². The number of hydrogen-bond acceptors (Lipinski definition) is 2. The highest BCUT2D eigenvalue weighted by Crippen LogP contribution is 2.21. The van der Waals surface area contributed by atoms with Gasteiger partial charge in [0, 0.05) is 36.4 Å². The molecule has 0 saturated carbocycles. The third kappa shape index (κ3) is 4.08. The lowest BCUT2D eigenvalue weighted by Crippen LogP contribution is -2.20. The van der Waals surface area contributed by atoms with Crippen molar-refractivity contribution < 1.29 is 0 Å². The molecule has 0 aliphatic heterocycles. The predicted octanol–water partition coefficient (Wildman–Crippen LogP) is 3.70. The summed E-state index contributed by atoms with van der Waals surface area (Å²) >= 11 is 5.94. The zero-order valence-electron chi connectivity index (χ0n) is 11.4. The summed E-state index contributed by atoms with van der Waals surface area (Å²) in [4.78, 5) is 0. The molecule has 0 amide bonds. The van der Waals surface area contributed by atoms with Gasteiger partial charge in [-0.1, -0.05) is 37.1 Å². The SMILES string of the molecule is CCCC(NCc1cnn(C)c1)c1ccc(Cl)cc1. The monoisotopic (exact) mass is 277 g/mol. The molecule has 0 aliphatic rings. The lowest BCUT2D eigenvalue weighted by Gasteiger charge is -2.18. The molecule has 1 unspecified atom stereocenters. The molecule has 1 aromatic heterocycles. The Labute approximate surface area is 119 Å². The van der Waals surface area contributed by atoms with Crippen molar-refractivity contribution in [2.45, 2.75) is 32.4 Å². The molecule has 0 saturated heterocycles. The minimum atomic E-state index is 0.363. The Bertz CT molecular complexity index is 504. The second-order valence-electron chi connectivity index (χ2n) is 4.80. The van der Waals surface area contributed by atoms with Crippen LogP contribution in [0.1, 0.15) is 36.9 Å². The number of aryl methyl sites for hydroxylation is 1. The van der Waals surface area contributed by atoms with Crippen molar-refractivity contribution in [1.29, 1.82) is 0 Å². The molecule has 3 nitrogen and oxygen atoms in total. The molecule has 1 N–H and O–H groups in total. The average molecular weight is 278 g/mol. The average Bonchev–Trinajstić information content (AvgIpc) is 2.81. The molecule has 2 rings (SSSR count). The van der Waals surface area contributed by atoms with E-state index in [1.165, 1.54) is 11.1 Å². The van der Waals surface area contributed by atoms with Gasteiger partial charge in [0.2, 0.25) is 0 Å². The molecule has 0 bridgehead atoms. The zero-order valence-corrected chi connectivity index (χ0v) is 12.2. The highest BCUT2D eigenvalue weighted by molar-refractivity contribution is 6.30. The molecule has 1 aromatic carbocycles. The van der Waals surface area contributed by atoms with Gasteiger partial charge in [-0.25, -0.2) is 0 Å². The van der Waals surface area contributed by atoms with Gasteiger partial charge in [0.15, 0.2) is 0 Å². The number of aromatic nitrogens is 2. The van der Waals surface area contributed by atoms with Crippen LogP contribution in [0.4, 0.5) is 0 Å². The Kier molecular flexibility index (Phi) is 5.00. The van der Waals surface area contributed by atoms with Crippen molar-refractivity contribution in [1.82, 2.24) is 15.1 Å². The molecule has 4 heteroatoms. The van der Waals surface area contributed by atoms with Crippen LogP contribution in [0, 0.1) is 0 Å². The van der Waals surface area contributed by atoms with E-state index < -0.39 is 0 Å². The maximum Gasteiger partial charge on any atom is 0.0534 e. The lowest BCUT2D eigenvalue weighted by atomic mass is 10.0. The maximum absolute atomic E-state index is 5.94. The van der Waals surface area contributed by atoms with E-state index in [1.54, 1.807) is 0 Å². The predicted molar refractivity (Wildman–Crippen MR) is 79.1 cm³/mol. The summed E-state index contributed by atoms with van der Waals surface area (Å²) < 4.78 is 1.83. The molecule has 102 valence electrons. The van der Waals surface area contributed by atoms with E-state index >= 15 is 0 Å². The molecule has 0 aliphatic carbocycles. The first-order valence-electron chi connectivity index (χ1n) is 6.65. The normalized spacial score (nSPS) is 12.6. The number of nitrogens with zero attached hydrogens (tertiary/aromatic N) is 2. The number of benzene rings is 1. The summed E-state index contributed by atoms with van der Waals surface area (Å²) in [5.41, 5.74) is 2.49. The molecule has 1 heterocycles. The van der Waals surface area contributed by atoms with Gasteiger partial charge >= 0.3 is 0 Å². The van der Waals surface area contributed by atoms with E-state index in [0.29, 0.717) is 6.04 Å². The van der Waals surface area contributed by atoms with Crippen molar-refractivity contribution in [3.8, 4) is 0 Å². The van der Waals surface area contributed by atoms with Crippen molar-refractivity contribution >= 4 is 11.6 Å². The van der Waals surface area contributed by atoms with Gasteiger partial charge < -0.3 is 5.32 Å². The fourth-order valence-corrected chi connectivity index (χ4v) is 2.30. The molecule has 0 radical (unpaired) electrons. The van der Waals surface area contributed by atoms with Gasteiger partial charge in [0.25, 0.3) is 0 Å². The highest BCUT2D eigenvalue weighted by Gasteiger charge is 2.10. The standard InChI is InChI=1S/C15H20ClN3/c1-3-4-15(13-5-7-14(16)8-6-13)17-9-12-10-18-19(2)11-12/h5-8,10-11,15,17H,3-4,9H2,1-2H3. The number of halogens is 1. The topological polar surface area (TPSA) is 29.9 Å². The Morgan fingerprint density at radius 3 is 2.63 bits per heavy atom. The van der Waals surface area contributed by atoms with Gasteiger partial charge in [-0.3, -0.25) is 4.68 Å². The Balaban J connectivity index is 2.01. The molecule has 2 aromatic rings. The molecule has 0 fully saturated rings. The lowest BCUT2D eigenvalue weighted by molar-refractivity contribution is 0.493. The van der Waals surface area contributed by atoms with E-state index in [-0.39, 0.29) is 0 Å². The molecule has 0 spiro atoms. The maximum atomic E-state index is 5.94. The van der Waals surface area contributed by atoms with Crippen LogP contribution in [0.5, 0.6) is 0 Å². The van der Waals surface area contributed by atoms with Crippen molar-refractivity contribution in [2.24, 2.45) is 7.05 Å². The molecular formula is C15H20ClN3. The second kappa shape index (κ2) is 6.73. The van der Waals surface area contributed by atoms with Crippen molar-refractivity contribution in [3.05, 3.63) is 52.8 Å². The number of nitrogens with one attached hydrogen (secondary N) is 1. The second-order valence-corrected chi connectivity index (χ2v) is 5.23. The minimum Gasteiger partial charge on any atom is -0.306 e. The largest absolute Gasteiger partial charge is 0.306 e. The summed E-state index contributed by atoms with van der Waals surface area (Å²) in [6.45, 7) is 3.04. The first kappa shape index (κ1) is 14.1. The zero-order chi connectivity index (χ0) is 13.7. The van der Waals surface area contributed by atoms with E-state index in [2.05, 4.69) is 29.5 Å². The quantitative estimate of drug-likeness (QED) is 0.872. The van der Waals surface area contributed by atoms with Gasteiger partial charge in [-0.15, -0.1) is 0 Å². The van der Waals surface area contributed by atoms with Crippen LogP contribution >= 0.6 is 11.6 Å². The van der Waals surface area contributed by atoms with Gasteiger partial charge in [-0.05, 0) is 24.1 Å². The van der Waals surface area contributed by atoms with Crippen LogP contribution in [0.3, 0.4) is 0 Å². The van der Waals surface area contributed by atoms with Gasteiger partial charge in [-0.2, -0.15) is 5.10 Å². The van der Waals surface area contributed by atoms with E-state index in [4.69, 9.17) is 11.6 Å². The van der Waals surface area contributed by atoms with Crippen LogP contribution < -0.4 is 5.32 Å². The highest BCUT2D eigenvalue weighted by atomic mass is 35.5. The van der Waals surface area contributed by atoms with Gasteiger partial charge in [0.1, 0.15) is 0 Å². The fraction of sp³-hybridized carbons (Fsp3) is 0.400. The van der Waals surface area contributed by atoms with Crippen LogP contribution in [-0.2, 0) is 13.6 Å². The summed E-state index contributed by atoms with van der Waals surface area (Å²) in [6, 6.07) is 8.46. The first-order valence-corrected chi connectivity index (χ1v) is 7.03. The third-order valence-corrected chi connectivity index (χ3v) is 3.41. The van der Waals surface area contributed by atoms with Crippen LogP contribution in [0.15, 0.2) is 36.7 Å². The summed E-state index contributed by atoms with van der Waals surface area (Å²) in [7, 11) is 1.94. The van der Waals surface area contributed by atoms with Crippen LogP contribution in [0.25, 0.3) is 0 Å². The fourth-order valence-electron chi connectivity index (χ4n) is 2.17. The molecular weight excluding hydrogens is 258 g/mol. The third-order valence-electron chi connectivity index (χ3n) is 3.16. The van der Waals surface area contributed by atoms with Crippen LogP contribution in [0.2, 0.25) is 5.02 Å². The summed E-state index contributed by atoms with van der Waals surface area (Å²) in [6.07, 6.45) is 6.20. The molecule has 19 heavy (non-hydrogen) atoms. The minimum absolute atomic E-state index is 0.363. The number of rotatable bonds is 6. The smallest absolute Gasteiger partial charge is 0.0534 e. The Morgan fingerprint density at radius 2 is 2.05 bits per heavy atom. The summed E-state index contributed by atoms with van der Waals surface area (Å²) in [5.74, 6) is 0. The van der Waals surface area contributed by atoms with Gasteiger partial charge in [0.05, 0.1) is 6.20 Å².